The maximum Gasteiger partial charge on any atom is 0.343 e. The molecule has 1 aromatic rings. The van der Waals surface area contributed by atoms with Crippen molar-refractivity contribution >= 4 is 5.97 Å². The predicted molar refractivity (Wildman–Crippen MR) is 64.4 cm³/mol. The summed E-state index contributed by atoms with van der Waals surface area (Å²) in [5.41, 5.74) is 0.855. The lowest BCUT2D eigenvalue weighted by atomic mass is 10.2. The second-order valence-corrected chi connectivity index (χ2v) is 3.55. The van der Waals surface area contributed by atoms with Crippen LogP contribution in [0.1, 0.15) is 12.0 Å². The van der Waals surface area contributed by atoms with E-state index in [0.717, 1.165) is 5.56 Å². The van der Waals surface area contributed by atoms with Crippen molar-refractivity contribution in [3.05, 3.63) is 23.8 Å². The van der Waals surface area contributed by atoms with Gasteiger partial charge in [-0.1, -0.05) is 0 Å². The zero-order chi connectivity index (χ0) is 13.4. The van der Waals surface area contributed by atoms with Crippen LogP contribution in [0.5, 0.6) is 11.5 Å². The molecule has 0 aromatic heterocycles. The normalized spacial score (nSPS) is 9.39. The molecule has 0 aliphatic rings. The van der Waals surface area contributed by atoms with Gasteiger partial charge in [-0.3, -0.25) is 0 Å². The Labute approximate surface area is 106 Å². The first-order chi connectivity index (χ1) is 8.67. The second-order valence-electron chi connectivity index (χ2n) is 3.55. The minimum Gasteiger partial charge on any atom is -0.493 e. The van der Waals surface area contributed by atoms with Crippen LogP contribution in [0.25, 0.3) is 0 Å². The summed E-state index contributed by atoms with van der Waals surface area (Å²) in [4.78, 5) is 10.9. The maximum absolute atomic E-state index is 10.9. The lowest BCUT2D eigenvalue weighted by molar-refractivity contribution is -0.142. The summed E-state index contributed by atoms with van der Waals surface area (Å²) in [7, 11) is 1.31. The van der Waals surface area contributed by atoms with Gasteiger partial charge in [-0.15, -0.1) is 0 Å². The zero-order valence-corrected chi connectivity index (χ0v) is 10.4. The van der Waals surface area contributed by atoms with Gasteiger partial charge in [-0.05, 0) is 30.7 Å². The number of nitrogens with zero attached hydrogens (tertiary/aromatic N) is 1. The van der Waals surface area contributed by atoms with E-state index in [4.69, 9.17) is 14.7 Å². The van der Waals surface area contributed by atoms with Gasteiger partial charge in [0.15, 0.2) is 6.61 Å². The van der Waals surface area contributed by atoms with Crippen LogP contribution in [-0.2, 0) is 9.53 Å². The van der Waals surface area contributed by atoms with Crippen LogP contribution < -0.4 is 9.47 Å². The molecule has 18 heavy (non-hydrogen) atoms. The number of benzene rings is 1. The summed E-state index contributed by atoms with van der Waals surface area (Å²) in [6, 6.07) is 7.25. The van der Waals surface area contributed by atoms with E-state index in [9.17, 15) is 4.79 Å². The van der Waals surface area contributed by atoms with E-state index in [1.165, 1.54) is 7.11 Å². The molecule has 5 heteroatoms. The lowest BCUT2D eigenvalue weighted by Crippen LogP contribution is -2.13. The molecule has 96 valence electrons. The van der Waals surface area contributed by atoms with Gasteiger partial charge in [-0.25, -0.2) is 4.79 Å². The largest absolute Gasteiger partial charge is 0.493 e. The van der Waals surface area contributed by atoms with Gasteiger partial charge in [0.2, 0.25) is 0 Å². The van der Waals surface area contributed by atoms with Gasteiger partial charge < -0.3 is 14.2 Å². The summed E-state index contributed by atoms with van der Waals surface area (Å²) in [6.45, 7) is 2.09. The molecule has 0 radical (unpaired) electrons. The Balaban J connectivity index is 2.57. The van der Waals surface area contributed by atoms with E-state index in [1.807, 2.05) is 13.0 Å². The van der Waals surface area contributed by atoms with Crippen LogP contribution in [0.4, 0.5) is 0 Å². The summed E-state index contributed by atoms with van der Waals surface area (Å²) in [5.74, 6) is 0.852. The molecule has 0 unspecified atom stereocenters. The molecule has 0 aliphatic heterocycles. The number of methoxy groups -OCH3 is 1. The molecule has 0 heterocycles. The first kappa shape index (κ1) is 13.8. The lowest BCUT2D eigenvalue weighted by Gasteiger charge is -2.10. The number of ether oxygens (including phenoxy) is 3. The van der Waals surface area contributed by atoms with Crippen molar-refractivity contribution in [2.45, 2.75) is 13.3 Å². The third-order valence-electron chi connectivity index (χ3n) is 2.20. The summed E-state index contributed by atoms with van der Waals surface area (Å²) in [5, 5.41) is 8.39. The molecule has 0 atom stereocenters. The highest BCUT2D eigenvalue weighted by molar-refractivity contribution is 5.70. The van der Waals surface area contributed by atoms with Crippen LogP contribution in [0, 0.1) is 18.3 Å². The van der Waals surface area contributed by atoms with Crippen molar-refractivity contribution in [2.75, 3.05) is 20.3 Å². The average molecular weight is 249 g/mol. The number of aryl methyl sites for hydroxylation is 1. The van der Waals surface area contributed by atoms with Crippen LogP contribution in [0.3, 0.4) is 0 Å². The Bertz CT molecular complexity index is 451. The fourth-order valence-electron chi connectivity index (χ4n) is 1.28. The zero-order valence-electron chi connectivity index (χ0n) is 10.4. The van der Waals surface area contributed by atoms with Gasteiger partial charge in [0, 0.05) is 0 Å². The average Bonchev–Trinajstić information content (AvgIpc) is 2.37. The molecule has 0 amide bonds. The van der Waals surface area contributed by atoms with E-state index in [2.05, 4.69) is 4.74 Å². The minimum absolute atomic E-state index is 0.119. The quantitative estimate of drug-likeness (QED) is 0.568. The van der Waals surface area contributed by atoms with Gasteiger partial charge in [0.25, 0.3) is 0 Å². The van der Waals surface area contributed by atoms with Crippen molar-refractivity contribution in [3.8, 4) is 17.6 Å². The molecule has 0 N–H and O–H groups in total. The van der Waals surface area contributed by atoms with Crippen molar-refractivity contribution in [1.29, 1.82) is 5.26 Å². The monoisotopic (exact) mass is 249 g/mol. The van der Waals surface area contributed by atoms with E-state index < -0.39 is 5.97 Å². The maximum atomic E-state index is 10.9. The first-order valence-corrected chi connectivity index (χ1v) is 5.47. The standard InChI is InChI=1S/C13H15NO4/c1-10-8-11(17-7-3-6-14)4-5-12(10)18-9-13(15)16-2/h4-5,8H,3,7,9H2,1-2H3. The third kappa shape index (κ3) is 4.34. The molecule has 0 saturated carbocycles. The Kier molecular flexibility index (Phi) is 5.52. The van der Waals surface area contributed by atoms with Crippen molar-refractivity contribution in [1.82, 2.24) is 0 Å². The first-order valence-electron chi connectivity index (χ1n) is 5.47. The van der Waals surface area contributed by atoms with Gasteiger partial charge in [0.1, 0.15) is 18.1 Å². The number of hydrogen-bond acceptors (Lipinski definition) is 5. The minimum atomic E-state index is -0.427. The SMILES string of the molecule is COC(=O)COc1ccc(OCCC#N)cc1C. The molecule has 0 fully saturated rings. The van der Waals surface area contributed by atoms with Crippen LogP contribution in [0.2, 0.25) is 0 Å². The Morgan fingerprint density at radius 1 is 1.39 bits per heavy atom. The van der Waals surface area contributed by atoms with Crippen LogP contribution in [0.15, 0.2) is 18.2 Å². The third-order valence-corrected chi connectivity index (χ3v) is 2.20. The second kappa shape index (κ2) is 7.17. The molecule has 0 bridgehead atoms. The van der Waals surface area contributed by atoms with E-state index >= 15 is 0 Å². The van der Waals surface area contributed by atoms with E-state index in [0.29, 0.717) is 24.5 Å². The summed E-state index contributed by atoms with van der Waals surface area (Å²) in [6.07, 6.45) is 0.347. The smallest absolute Gasteiger partial charge is 0.343 e. The Morgan fingerprint density at radius 3 is 2.78 bits per heavy atom. The molecule has 1 rings (SSSR count). The van der Waals surface area contributed by atoms with Crippen molar-refractivity contribution < 1.29 is 19.0 Å². The molecule has 0 aliphatic carbocycles. The molecular weight excluding hydrogens is 234 g/mol. The molecule has 1 aromatic carbocycles. The van der Waals surface area contributed by atoms with Crippen molar-refractivity contribution in [2.24, 2.45) is 0 Å². The number of carbonyl (C=O) groups excluding carboxylic acids is 1. The van der Waals surface area contributed by atoms with Gasteiger partial charge >= 0.3 is 5.97 Å². The molecule has 5 nitrogen and oxygen atoms in total. The van der Waals surface area contributed by atoms with Crippen LogP contribution >= 0.6 is 0 Å². The number of hydrogen-bond donors (Lipinski definition) is 0. The fourth-order valence-corrected chi connectivity index (χ4v) is 1.28. The molecular formula is C13H15NO4. The number of rotatable bonds is 6. The highest BCUT2D eigenvalue weighted by atomic mass is 16.6. The van der Waals surface area contributed by atoms with Gasteiger partial charge in [0.05, 0.1) is 19.6 Å². The fraction of sp³-hybridized carbons (Fsp3) is 0.385. The van der Waals surface area contributed by atoms with E-state index in [1.54, 1.807) is 18.2 Å². The highest BCUT2D eigenvalue weighted by Gasteiger charge is 2.05. The molecule has 0 saturated heterocycles. The highest BCUT2D eigenvalue weighted by Crippen LogP contribution is 2.23. The summed E-state index contributed by atoms with van der Waals surface area (Å²) < 4.78 is 15.1. The van der Waals surface area contributed by atoms with Gasteiger partial charge in [-0.2, -0.15) is 5.26 Å². The van der Waals surface area contributed by atoms with Crippen LogP contribution in [-0.4, -0.2) is 26.3 Å². The molecule has 0 spiro atoms. The van der Waals surface area contributed by atoms with Crippen molar-refractivity contribution in [3.63, 3.8) is 0 Å². The topological polar surface area (TPSA) is 68.6 Å². The number of carbonyl (C=O) groups is 1. The number of esters is 1. The predicted octanol–water partition coefficient (Wildman–Crippen LogP) is 1.84. The Hall–Kier alpha value is -2.22. The summed E-state index contributed by atoms with van der Waals surface area (Å²) >= 11 is 0. The Morgan fingerprint density at radius 2 is 2.17 bits per heavy atom. The van der Waals surface area contributed by atoms with E-state index in [-0.39, 0.29) is 6.61 Å². The number of nitriles is 1.